The zero-order valence-electron chi connectivity index (χ0n) is 14.7. The lowest BCUT2D eigenvalue weighted by Crippen LogP contribution is -2.34. The summed E-state index contributed by atoms with van der Waals surface area (Å²) >= 11 is 0. The molecule has 0 unspecified atom stereocenters. The highest BCUT2D eigenvalue weighted by molar-refractivity contribution is 6.07. The van der Waals surface area contributed by atoms with Gasteiger partial charge in [0.15, 0.2) is 6.61 Å². The van der Waals surface area contributed by atoms with Gasteiger partial charge in [-0.05, 0) is 31.2 Å². The van der Waals surface area contributed by atoms with Crippen molar-refractivity contribution in [1.82, 2.24) is 5.32 Å². The number of amides is 2. The Kier molecular flexibility index (Phi) is 6.32. The van der Waals surface area contributed by atoms with Gasteiger partial charge in [0.2, 0.25) is 0 Å². The normalized spacial score (nSPS) is 9.96. The molecule has 0 aliphatic carbocycles. The van der Waals surface area contributed by atoms with Crippen LogP contribution in [0.5, 0.6) is 11.5 Å². The zero-order valence-corrected chi connectivity index (χ0v) is 14.7. The quantitative estimate of drug-likeness (QED) is 0.797. The maximum atomic E-state index is 12.2. The van der Waals surface area contributed by atoms with Crippen LogP contribution in [-0.2, 0) is 9.53 Å². The Morgan fingerprint density at radius 2 is 1.58 bits per heavy atom. The summed E-state index contributed by atoms with van der Waals surface area (Å²) in [6.07, 6.45) is 0. The molecule has 0 aliphatic rings. The smallest absolute Gasteiger partial charge is 0.342 e. The van der Waals surface area contributed by atoms with E-state index in [1.54, 1.807) is 36.4 Å². The van der Waals surface area contributed by atoms with E-state index in [9.17, 15) is 14.4 Å². The number of hydrogen-bond donors (Lipinski definition) is 1. The van der Waals surface area contributed by atoms with Crippen molar-refractivity contribution in [3.8, 4) is 11.5 Å². The van der Waals surface area contributed by atoms with Crippen molar-refractivity contribution in [3.63, 3.8) is 0 Å². The molecular formula is C19H19NO6. The number of imide groups is 1. The van der Waals surface area contributed by atoms with Crippen LogP contribution in [0.15, 0.2) is 42.5 Å². The number of ether oxygens (including phenoxy) is 3. The predicted octanol–water partition coefficient (Wildman–Crippen LogP) is 2.13. The largest absolute Gasteiger partial charge is 0.496 e. The molecule has 0 saturated carbocycles. The summed E-state index contributed by atoms with van der Waals surface area (Å²) in [5, 5.41) is 2.15. The van der Waals surface area contributed by atoms with Crippen LogP contribution in [0, 0.1) is 6.92 Å². The Bertz CT molecular complexity index is 831. The average Bonchev–Trinajstić information content (AvgIpc) is 2.65. The predicted molar refractivity (Wildman–Crippen MR) is 93.5 cm³/mol. The van der Waals surface area contributed by atoms with Crippen molar-refractivity contribution in [3.05, 3.63) is 59.2 Å². The number of para-hydroxylation sites is 1. The van der Waals surface area contributed by atoms with E-state index in [-0.39, 0.29) is 11.1 Å². The molecule has 0 bridgehead atoms. The van der Waals surface area contributed by atoms with Gasteiger partial charge < -0.3 is 14.2 Å². The van der Waals surface area contributed by atoms with Gasteiger partial charge in [0.25, 0.3) is 11.8 Å². The molecular weight excluding hydrogens is 338 g/mol. The topological polar surface area (TPSA) is 90.9 Å². The van der Waals surface area contributed by atoms with Gasteiger partial charge in [0.1, 0.15) is 17.1 Å². The van der Waals surface area contributed by atoms with Gasteiger partial charge in [-0.1, -0.05) is 23.8 Å². The number of benzene rings is 2. The van der Waals surface area contributed by atoms with E-state index >= 15 is 0 Å². The Labute approximate surface area is 150 Å². The van der Waals surface area contributed by atoms with Crippen LogP contribution in [0.25, 0.3) is 0 Å². The van der Waals surface area contributed by atoms with Gasteiger partial charge in [0, 0.05) is 0 Å². The van der Waals surface area contributed by atoms with Crippen LogP contribution in [0.3, 0.4) is 0 Å². The first-order chi connectivity index (χ1) is 12.5. The number of methoxy groups -OCH3 is 2. The highest BCUT2D eigenvalue weighted by Gasteiger charge is 2.18. The van der Waals surface area contributed by atoms with E-state index in [1.807, 2.05) is 6.92 Å². The number of hydrogen-bond acceptors (Lipinski definition) is 6. The summed E-state index contributed by atoms with van der Waals surface area (Å²) in [6, 6.07) is 11.5. The lowest BCUT2D eigenvalue weighted by molar-refractivity contribution is -0.123. The number of nitrogens with one attached hydrogen (secondary N) is 1. The van der Waals surface area contributed by atoms with Crippen molar-refractivity contribution in [2.45, 2.75) is 6.92 Å². The zero-order chi connectivity index (χ0) is 19.1. The van der Waals surface area contributed by atoms with Crippen molar-refractivity contribution in [2.75, 3.05) is 20.8 Å². The maximum absolute atomic E-state index is 12.2. The standard InChI is InChI=1S/C19H19NO6/c1-12-8-9-16(25-3)14(10-12)19(23)26-11-17(21)20-18(22)13-6-4-5-7-15(13)24-2/h4-10H,11H2,1-3H3,(H,20,21,22). The maximum Gasteiger partial charge on any atom is 0.342 e. The fourth-order valence-electron chi connectivity index (χ4n) is 2.25. The first-order valence-electron chi connectivity index (χ1n) is 7.75. The average molecular weight is 357 g/mol. The minimum atomic E-state index is -0.749. The van der Waals surface area contributed by atoms with E-state index in [1.165, 1.54) is 20.3 Å². The first kappa shape index (κ1) is 19.0. The number of rotatable bonds is 6. The third-order valence-corrected chi connectivity index (χ3v) is 3.51. The van der Waals surface area contributed by atoms with Gasteiger partial charge in [0.05, 0.1) is 19.8 Å². The van der Waals surface area contributed by atoms with Crippen LogP contribution in [0.4, 0.5) is 0 Å². The molecule has 0 spiro atoms. The van der Waals surface area contributed by atoms with E-state index < -0.39 is 24.4 Å². The molecule has 0 aliphatic heterocycles. The molecule has 2 aromatic carbocycles. The lowest BCUT2D eigenvalue weighted by Gasteiger charge is -2.10. The van der Waals surface area contributed by atoms with E-state index in [4.69, 9.17) is 14.2 Å². The fraction of sp³-hybridized carbons (Fsp3) is 0.211. The summed E-state index contributed by atoms with van der Waals surface area (Å²) in [5.74, 6) is -1.44. The van der Waals surface area contributed by atoms with E-state index in [0.717, 1.165) is 5.56 Å². The summed E-state index contributed by atoms with van der Waals surface area (Å²) in [4.78, 5) is 36.2. The molecule has 2 amide bonds. The number of carbonyl (C=O) groups is 3. The third kappa shape index (κ3) is 4.60. The Balaban J connectivity index is 1.97. The molecule has 7 heteroatoms. The van der Waals surface area contributed by atoms with Crippen LogP contribution in [0.2, 0.25) is 0 Å². The number of carbonyl (C=O) groups excluding carboxylic acids is 3. The summed E-state index contributed by atoms with van der Waals surface area (Å²) in [6.45, 7) is 1.21. The number of aryl methyl sites for hydroxylation is 1. The Morgan fingerprint density at radius 1 is 0.923 bits per heavy atom. The molecule has 2 rings (SSSR count). The molecule has 0 atom stereocenters. The number of esters is 1. The van der Waals surface area contributed by atoms with Crippen LogP contribution < -0.4 is 14.8 Å². The minimum absolute atomic E-state index is 0.204. The van der Waals surface area contributed by atoms with Gasteiger partial charge >= 0.3 is 5.97 Å². The lowest BCUT2D eigenvalue weighted by atomic mass is 10.1. The second-order valence-corrected chi connectivity index (χ2v) is 5.36. The van der Waals surface area contributed by atoms with Crippen LogP contribution in [0.1, 0.15) is 26.3 Å². The molecule has 136 valence electrons. The third-order valence-electron chi connectivity index (χ3n) is 3.51. The molecule has 0 aromatic heterocycles. The van der Waals surface area contributed by atoms with E-state index in [2.05, 4.69) is 5.32 Å². The molecule has 26 heavy (non-hydrogen) atoms. The second kappa shape index (κ2) is 8.66. The van der Waals surface area contributed by atoms with Crippen LogP contribution >= 0.6 is 0 Å². The Hall–Kier alpha value is -3.35. The first-order valence-corrected chi connectivity index (χ1v) is 7.75. The molecule has 7 nitrogen and oxygen atoms in total. The van der Waals surface area contributed by atoms with Crippen molar-refractivity contribution in [1.29, 1.82) is 0 Å². The van der Waals surface area contributed by atoms with Gasteiger partial charge in [-0.25, -0.2) is 4.79 Å². The monoisotopic (exact) mass is 357 g/mol. The Morgan fingerprint density at radius 3 is 2.27 bits per heavy atom. The van der Waals surface area contributed by atoms with E-state index in [0.29, 0.717) is 11.5 Å². The minimum Gasteiger partial charge on any atom is -0.496 e. The molecule has 0 heterocycles. The summed E-state index contributed by atoms with van der Waals surface area (Å²) < 4.78 is 15.1. The van der Waals surface area contributed by atoms with Gasteiger partial charge in [-0.2, -0.15) is 0 Å². The molecule has 0 radical (unpaired) electrons. The molecule has 1 N–H and O–H groups in total. The summed E-state index contributed by atoms with van der Waals surface area (Å²) in [7, 11) is 2.85. The van der Waals surface area contributed by atoms with Crippen LogP contribution in [-0.4, -0.2) is 38.6 Å². The SMILES string of the molecule is COc1ccccc1C(=O)NC(=O)COC(=O)c1cc(C)ccc1OC. The molecule has 2 aromatic rings. The molecule has 0 fully saturated rings. The van der Waals surface area contributed by atoms with Crippen molar-refractivity contribution in [2.24, 2.45) is 0 Å². The summed E-state index contributed by atoms with van der Waals surface area (Å²) in [5.41, 5.74) is 1.25. The highest BCUT2D eigenvalue weighted by Crippen LogP contribution is 2.20. The fourth-order valence-corrected chi connectivity index (χ4v) is 2.25. The molecule has 0 saturated heterocycles. The second-order valence-electron chi connectivity index (χ2n) is 5.36. The van der Waals surface area contributed by atoms with Gasteiger partial charge in [-0.3, -0.25) is 14.9 Å². The highest BCUT2D eigenvalue weighted by atomic mass is 16.5. The van der Waals surface area contributed by atoms with Crippen molar-refractivity contribution < 1.29 is 28.6 Å². The van der Waals surface area contributed by atoms with Crippen molar-refractivity contribution >= 4 is 17.8 Å². The van der Waals surface area contributed by atoms with Gasteiger partial charge in [-0.15, -0.1) is 0 Å².